The summed E-state index contributed by atoms with van der Waals surface area (Å²) in [5.41, 5.74) is -1.26. The lowest BCUT2D eigenvalue weighted by Crippen LogP contribution is -2.52. The van der Waals surface area contributed by atoms with Crippen LogP contribution in [0.5, 0.6) is 0 Å². The molecule has 21 heavy (non-hydrogen) atoms. The van der Waals surface area contributed by atoms with Gasteiger partial charge in [-0.25, -0.2) is 9.59 Å². The minimum absolute atomic E-state index is 0.324. The minimum Gasteiger partial charge on any atom is -0.463 e. The van der Waals surface area contributed by atoms with Crippen molar-refractivity contribution in [2.75, 3.05) is 26.3 Å². The van der Waals surface area contributed by atoms with Crippen LogP contribution in [0.2, 0.25) is 0 Å². The largest absolute Gasteiger partial charge is 0.463 e. The van der Waals surface area contributed by atoms with Gasteiger partial charge in [-0.2, -0.15) is 0 Å². The van der Waals surface area contributed by atoms with E-state index in [0.29, 0.717) is 26.3 Å². The maximum absolute atomic E-state index is 12.1. The van der Waals surface area contributed by atoms with E-state index in [2.05, 4.69) is 0 Å². The van der Waals surface area contributed by atoms with Crippen molar-refractivity contribution >= 4 is 12.1 Å². The molecule has 120 valence electrons. The summed E-state index contributed by atoms with van der Waals surface area (Å²) in [6.45, 7) is 10.6. The molecule has 1 amide bonds. The van der Waals surface area contributed by atoms with E-state index < -0.39 is 17.2 Å². The molecular formula is C15H25NO5. The second-order valence-corrected chi connectivity index (χ2v) is 6.15. The molecule has 1 unspecified atom stereocenters. The lowest BCUT2D eigenvalue weighted by molar-refractivity contribution is -0.137. The molecule has 1 aliphatic heterocycles. The number of carbonyl (C=O) groups is 2. The molecule has 0 aromatic carbocycles. The highest BCUT2D eigenvalue weighted by atomic mass is 16.6. The molecule has 1 atom stereocenters. The van der Waals surface area contributed by atoms with E-state index in [9.17, 15) is 9.59 Å². The Bertz CT molecular complexity index is 413. The third kappa shape index (κ3) is 6.16. The van der Waals surface area contributed by atoms with E-state index in [4.69, 9.17) is 14.2 Å². The fourth-order valence-electron chi connectivity index (χ4n) is 1.91. The molecule has 0 radical (unpaired) electrons. The highest BCUT2D eigenvalue weighted by Crippen LogP contribution is 2.21. The zero-order valence-electron chi connectivity index (χ0n) is 13.5. The van der Waals surface area contributed by atoms with E-state index in [1.54, 1.807) is 17.9 Å². The first-order chi connectivity index (χ1) is 9.65. The second kappa shape index (κ2) is 6.93. The number of carbonyl (C=O) groups excluding carboxylic acids is 2. The van der Waals surface area contributed by atoms with E-state index in [0.717, 1.165) is 0 Å². The maximum Gasteiger partial charge on any atom is 0.410 e. The van der Waals surface area contributed by atoms with Gasteiger partial charge in [-0.3, -0.25) is 0 Å². The van der Waals surface area contributed by atoms with Crippen molar-refractivity contribution in [2.45, 2.75) is 45.8 Å². The molecule has 1 rings (SSSR count). The Morgan fingerprint density at radius 3 is 2.62 bits per heavy atom. The number of nitrogens with zero attached hydrogens (tertiary/aromatic N) is 1. The Labute approximate surface area is 126 Å². The van der Waals surface area contributed by atoms with Gasteiger partial charge in [0.2, 0.25) is 0 Å². The van der Waals surface area contributed by atoms with Crippen LogP contribution in [0.4, 0.5) is 4.79 Å². The maximum atomic E-state index is 12.1. The normalized spacial score (nSPS) is 23.2. The summed E-state index contributed by atoms with van der Waals surface area (Å²) < 4.78 is 15.8. The number of rotatable bonds is 3. The molecule has 0 aromatic rings. The highest BCUT2D eigenvalue weighted by molar-refractivity contribution is 5.82. The van der Waals surface area contributed by atoms with Crippen molar-refractivity contribution in [2.24, 2.45) is 0 Å². The topological polar surface area (TPSA) is 65.1 Å². The van der Waals surface area contributed by atoms with Crippen LogP contribution in [0.1, 0.15) is 34.6 Å². The SMILES string of the molecule is CCOC(=O)/C=C/C1(C)CN(C(=O)OC(C)(C)C)CCO1. The molecule has 1 heterocycles. The molecule has 1 fully saturated rings. The fraction of sp³-hybridized carbons (Fsp3) is 0.733. The Balaban J connectivity index is 2.66. The van der Waals surface area contributed by atoms with Crippen molar-refractivity contribution in [3.63, 3.8) is 0 Å². The molecule has 6 nitrogen and oxygen atoms in total. The Morgan fingerprint density at radius 1 is 1.38 bits per heavy atom. The number of amides is 1. The Kier molecular flexibility index (Phi) is 5.78. The average molecular weight is 299 g/mol. The van der Waals surface area contributed by atoms with Crippen LogP contribution in [0.25, 0.3) is 0 Å². The van der Waals surface area contributed by atoms with E-state index in [1.807, 2.05) is 27.7 Å². The third-order valence-corrected chi connectivity index (χ3v) is 2.81. The van der Waals surface area contributed by atoms with Crippen LogP contribution >= 0.6 is 0 Å². The van der Waals surface area contributed by atoms with Crippen molar-refractivity contribution in [3.05, 3.63) is 12.2 Å². The van der Waals surface area contributed by atoms with Crippen molar-refractivity contribution < 1.29 is 23.8 Å². The predicted molar refractivity (Wildman–Crippen MR) is 77.9 cm³/mol. The molecule has 1 aliphatic rings. The molecule has 0 spiro atoms. The van der Waals surface area contributed by atoms with E-state index in [-0.39, 0.29) is 6.09 Å². The zero-order valence-corrected chi connectivity index (χ0v) is 13.5. The van der Waals surface area contributed by atoms with Gasteiger partial charge >= 0.3 is 12.1 Å². The molecule has 0 N–H and O–H groups in total. The Morgan fingerprint density at radius 2 is 2.05 bits per heavy atom. The summed E-state index contributed by atoms with van der Waals surface area (Å²) in [6, 6.07) is 0. The summed E-state index contributed by atoms with van der Waals surface area (Å²) in [5.74, 6) is -0.420. The van der Waals surface area contributed by atoms with Crippen LogP contribution in [0, 0.1) is 0 Å². The van der Waals surface area contributed by atoms with Crippen LogP contribution in [0.15, 0.2) is 12.2 Å². The summed E-state index contributed by atoms with van der Waals surface area (Å²) >= 11 is 0. The average Bonchev–Trinajstić information content (AvgIpc) is 2.35. The predicted octanol–water partition coefficient (Wildman–Crippen LogP) is 2.13. The van der Waals surface area contributed by atoms with Crippen molar-refractivity contribution in [1.82, 2.24) is 4.90 Å². The van der Waals surface area contributed by atoms with Gasteiger partial charge in [0.05, 0.1) is 19.8 Å². The lowest BCUT2D eigenvalue weighted by Gasteiger charge is -2.39. The van der Waals surface area contributed by atoms with Crippen LogP contribution < -0.4 is 0 Å². The van der Waals surface area contributed by atoms with Crippen molar-refractivity contribution in [1.29, 1.82) is 0 Å². The summed E-state index contributed by atoms with van der Waals surface area (Å²) in [4.78, 5) is 25.0. The van der Waals surface area contributed by atoms with Crippen LogP contribution in [-0.4, -0.2) is 54.5 Å². The van der Waals surface area contributed by atoms with Gasteiger partial charge in [-0.05, 0) is 40.7 Å². The molecule has 1 saturated heterocycles. The molecular weight excluding hydrogens is 274 g/mol. The number of morpholine rings is 1. The third-order valence-electron chi connectivity index (χ3n) is 2.81. The summed E-state index contributed by atoms with van der Waals surface area (Å²) in [6.07, 6.45) is 2.59. The Hall–Kier alpha value is -1.56. The van der Waals surface area contributed by atoms with Crippen molar-refractivity contribution in [3.8, 4) is 0 Å². The number of ether oxygens (including phenoxy) is 3. The van der Waals surface area contributed by atoms with E-state index in [1.165, 1.54) is 6.08 Å². The first-order valence-corrected chi connectivity index (χ1v) is 7.13. The van der Waals surface area contributed by atoms with Gasteiger partial charge in [0, 0.05) is 12.6 Å². The van der Waals surface area contributed by atoms with Gasteiger partial charge in [0.25, 0.3) is 0 Å². The van der Waals surface area contributed by atoms with Crippen LogP contribution in [-0.2, 0) is 19.0 Å². The first kappa shape index (κ1) is 17.5. The molecule has 0 bridgehead atoms. The van der Waals surface area contributed by atoms with Gasteiger partial charge in [-0.1, -0.05) is 0 Å². The van der Waals surface area contributed by atoms with Gasteiger partial charge in [0.15, 0.2) is 0 Å². The number of esters is 1. The fourth-order valence-corrected chi connectivity index (χ4v) is 1.91. The number of hydrogen-bond acceptors (Lipinski definition) is 5. The van der Waals surface area contributed by atoms with Gasteiger partial charge in [-0.15, -0.1) is 0 Å². The lowest BCUT2D eigenvalue weighted by atomic mass is 10.0. The quantitative estimate of drug-likeness (QED) is 0.590. The molecule has 0 saturated carbocycles. The smallest absolute Gasteiger partial charge is 0.410 e. The molecule has 0 aliphatic carbocycles. The monoisotopic (exact) mass is 299 g/mol. The second-order valence-electron chi connectivity index (χ2n) is 6.15. The standard InChI is InChI=1S/C15H25NO5/c1-6-19-12(17)7-8-15(5)11-16(9-10-20-15)13(18)21-14(2,3)4/h7-8H,6,9-11H2,1-5H3/b8-7+. The summed E-state index contributed by atoms with van der Waals surface area (Å²) in [5, 5.41) is 0. The first-order valence-electron chi connectivity index (χ1n) is 7.13. The van der Waals surface area contributed by atoms with Gasteiger partial charge in [0.1, 0.15) is 11.2 Å². The highest BCUT2D eigenvalue weighted by Gasteiger charge is 2.34. The van der Waals surface area contributed by atoms with Gasteiger partial charge < -0.3 is 19.1 Å². The van der Waals surface area contributed by atoms with E-state index >= 15 is 0 Å². The summed E-state index contributed by atoms with van der Waals surface area (Å²) in [7, 11) is 0. The zero-order chi connectivity index (χ0) is 16.1. The molecule has 6 heteroatoms. The minimum atomic E-state index is -0.720. The van der Waals surface area contributed by atoms with Crippen LogP contribution in [0.3, 0.4) is 0 Å². The number of hydrogen-bond donors (Lipinski definition) is 0. The molecule has 0 aromatic heterocycles.